The maximum atomic E-state index is 5.71. The van der Waals surface area contributed by atoms with E-state index in [1.54, 1.807) is 0 Å². The van der Waals surface area contributed by atoms with Crippen LogP contribution in [0.1, 0.15) is 26.2 Å². The van der Waals surface area contributed by atoms with E-state index >= 15 is 0 Å². The molecule has 2 rings (SSSR count). The molecule has 0 radical (unpaired) electrons. The zero-order valence-electron chi connectivity index (χ0n) is 9.82. The molecule has 2 saturated heterocycles. The lowest BCUT2D eigenvalue weighted by Gasteiger charge is -2.37. The number of hydrogen-bond acceptors (Lipinski definition) is 3. The summed E-state index contributed by atoms with van der Waals surface area (Å²) < 4.78 is 5.46. The Morgan fingerprint density at radius 2 is 2.07 bits per heavy atom. The number of piperidine rings is 1. The summed E-state index contributed by atoms with van der Waals surface area (Å²) in [5.74, 6) is 1.53. The minimum atomic E-state index is 0.700. The van der Waals surface area contributed by atoms with Crippen molar-refractivity contribution in [3.05, 3.63) is 0 Å². The van der Waals surface area contributed by atoms with Crippen molar-refractivity contribution in [2.45, 2.75) is 32.2 Å². The maximum absolute atomic E-state index is 5.71. The molecule has 0 aromatic carbocycles. The molecule has 0 aliphatic carbocycles. The summed E-state index contributed by atoms with van der Waals surface area (Å²) in [5, 5.41) is 0. The van der Waals surface area contributed by atoms with Crippen molar-refractivity contribution in [1.29, 1.82) is 0 Å². The lowest BCUT2D eigenvalue weighted by Crippen LogP contribution is -2.44. The molecular weight excluding hydrogens is 188 g/mol. The van der Waals surface area contributed by atoms with Gasteiger partial charge in [0.1, 0.15) is 0 Å². The van der Waals surface area contributed by atoms with Crippen LogP contribution in [0.2, 0.25) is 0 Å². The number of ether oxygens (including phenoxy) is 1. The van der Waals surface area contributed by atoms with E-state index in [2.05, 4.69) is 11.8 Å². The van der Waals surface area contributed by atoms with Gasteiger partial charge in [0.15, 0.2) is 0 Å². The standard InChI is InChI=1S/C12H24N2O/c1-10(12-4-7-15-9-12)14-5-2-11(8-13)3-6-14/h10-12H,2-9,13H2,1H3. The van der Waals surface area contributed by atoms with Crippen molar-refractivity contribution in [2.75, 3.05) is 32.8 Å². The second-order valence-electron chi connectivity index (χ2n) is 5.08. The molecule has 0 bridgehead atoms. The van der Waals surface area contributed by atoms with Crippen molar-refractivity contribution in [3.63, 3.8) is 0 Å². The topological polar surface area (TPSA) is 38.5 Å². The van der Waals surface area contributed by atoms with Crippen LogP contribution in [0.5, 0.6) is 0 Å². The molecule has 0 aromatic heterocycles. The van der Waals surface area contributed by atoms with E-state index in [1.807, 2.05) is 0 Å². The van der Waals surface area contributed by atoms with Crippen LogP contribution in [-0.4, -0.2) is 43.8 Å². The first kappa shape index (κ1) is 11.4. The molecule has 88 valence electrons. The average molecular weight is 212 g/mol. The zero-order valence-corrected chi connectivity index (χ0v) is 9.82. The Labute approximate surface area is 93.0 Å². The molecule has 3 nitrogen and oxygen atoms in total. The highest BCUT2D eigenvalue weighted by molar-refractivity contribution is 4.82. The van der Waals surface area contributed by atoms with Gasteiger partial charge in [0.2, 0.25) is 0 Å². The van der Waals surface area contributed by atoms with Gasteiger partial charge < -0.3 is 15.4 Å². The van der Waals surface area contributed by atoms with E-state index in [4.69, 9.17) is 10.5 Å². The molecule has 2 atom stereocenters. The monoisotopic (exact) mass is 212 g/mol. The van der Waals surface area contributed by atoms with Gasteiger partial charge in [-0.2, -0.15) is 0 Å². The highest BCUT2D eigenvalue weighted by Crippen LogP contribution is 2.25. The SMILES string of the molecule is CC(C1CCOC1)N1CCC(CN)CC1. The average Bonchev–Trinajstić information content (AvgIpc) is 2.82. The van der Waals surface area contributed by atoms with Gasteiger partial charge >= 0.3 is 0 Å². The summed E-state index contributed by atoms with van der Waals surface area (Å²) in [5.41, 5.74) is 5.71. The fourth-order valence-corrected chi connectivity index (χ4v) is 2.83. The quantitative estimate of drug-likeness (QED) is 0.761. The Morgan fingerprint density at radius 1 is 1.33 bits per heavy atom. The number of likely N-dealkylation sites (tertiary alicyclic amines) is 1. The Bertz CT molecular complexity index is 184. The summed E-state index contributed by atoms with van der Waals surface area (Å²) in [6.45, 7) is 7.64. The molecule has 2 aliphatic heterocycles. The second-order valence-corrected chi connectivity index (χ2v) is 5.08. The van der Waals surface area contributed by atoms with Gasteiger partial charge in [0.05, 0.1) is 6.61 Å². The third kappa shape index (κ3) is 2.71. The third-order valence-corrected chi connectivity index (χ3v) is 4.21. The molecule has 2 unspecified atom stereocenters. The van der Waals surface area contributed by atoms with Crippen LogP contribution < -0.4 is 5.73 Å². The molecular formula is C12H24N2O. The molecule has 2 aliphatic rings. The van der Waals surface area contributed by atoms with E-state index in [0.29, 0.717) is 6.04 Å². The number of nitrogens with zero attached hydrogens (tertiary/aromatic N) is 1. The first-order chi connectivity index (χ1) is 7.31. The zero-order chi connectivity index (χ0) is 10.7. The molecule has 0 spiro atoms. The lowest BCUT2D eigenvalue weighted by atomic mass is 9.92. The van der Waals surface area contributed by atoms with Crippen LogP contribution in [0, 0.1) is 11.8 Å². The van der Waals surface area contributed by atoms with Crippen LogP contribution in [-0.2, 0) is 4.74 Å². The van der Waals surface area contributed by atoms with E-state index in [-0.39, 0.29) is 0 Å². The van der Waals surface area contributed by atoms with E-state index in [1.165, 1.54) is 32.4 Å². The van der Waals surface area contributed by atoms with Crippen molar-refractivity contribution in [2.24, 2.45) is 17.6 Å². The van der Waals surface area contributed by atoms with Gasteiger partial charge in [0.25, 0.3) is 0 Å². The number of nitrogens with two attached hydrogens (primary N) is 1. The molecule has 2 fully saturated rings. The highest BCUT2D eigenvalue weighted by Gasteiger charge is 2.29. The maximum Gasteiger partial charge on any atom is 0.0509 e. The minimum Gasteiger partial charge on any atom is -0.381 e. The van der Waals surface area contributed by atoms with Crippen LogP contribution in [0.25, 0.3) is 0 Å². The van der Waals surface area contributed by atoms with Gasteiger partial charge in [-0.1, -0.05) is 0 Å². The Morgan fingerprint density at radius 3 is 2.60 bits per heavy atom. The van der Waals surface area contributed by atoms with Gasteiger partial charge in [0, 0.05) is 12.6 Å². The molecule has 0 aromatic rings. The smallest absolute Gasteiger partial charge is 0.0509 e. The van der Waals surface area contributed by atoms with Gasteiger partial charge in [-0.05, 0) is 57.7 Å². The van der Waals surface area contributed by atoms with Gasteiger partial charge in [-0.3, -0.25) is 0 Å². The third-order valence-electron chi connectivity index (χ3n) is 4.21. The van der Waals surface area contributed by atoms with Crippen molar-refractivity contribution < 1.29 is 4.74 Å². The van der Waals surface area contributed by atoms with E-state index in [9.17, 15) is 0 Å². The Hall–Kier alpha value is -0.120. The first-order valence-corrected chi connectivity index (χ1v) is 6.33. The molecule has 0 amide bonds. The predicted molar refractivity (Wildman–Crippen MR) is 61.7 cm³/mol. The van der Waals surface area contributed by atoms with E-state index in [0.717, 1.165) is 31.6 Å². The molecule has 0 saturated carbocycles. The molecule has 3 heteroatoms. The molecule has 2 N–H and O–H groups in total. The first-order valence-electron chi connectivity index (χ1n) is 6.33. The minimum absolute atomic E-state index is 0.700. The van der Waals surface area contributed by atoms with Crippen molar-refractivity contribution in [1.82, 2.24) is 4.90 Å². The normalized spacial score (nSPS) is 32.0. The summed E-state index contributed by atoms with van der Waals surface area (Å²) >= 11 is 0. The number of hydrogen-bond donors (Lipinski definition) is 1. The fraction of sp³-hybridized carbons (Fsp3) is 1.00. The summed E-state index contributed by atoms with van der Waals surface area (Å²) in [6.07, 6.45) is 3.82. The van der Waals surface area contributed by atoms with Crippen LogP contribution >= 0.6 is 0 Å². The van der Waals surface area contributed by atoms with Crippen molar-refractivity contribution >= 4 is 0 Å². The second kappa shape index (κ2) is 5.28. The summed E-state index contributed by atoms with van der Waals surface area (Å²) in [6, 6.07) is 0.700. The lowest BCUT2D eigenvalue weighted by molar-refractivity contribution is 0.0952. The van der Waals surface area contributed by atoms with E-state index < -0.39 is 0 Å². The summed E-state index contributed by atoms with van der Waals surface area (Å²) in [7, 11) is 0. The highest BCUT2D eigenvalue weighted by atomic mass is 16.5. The van der Waals surface area contributed by atoms with Crippen LogP contribution in [0.3, 0.4) is 0 Å². The van der Waals surface area contributed by atoms with Crippen LogP contribution in [0.15, 0.2) is 0 Å². The van der Waals surface area contributed by atoms with Crippen LogP contribution in [0.4, 0.5) is 0 Å². The fourth-order valence-electron chi connectivity index (χ4n) is 2.83. The summed E-state index contributed by atoms with van der Waals surface area (Å²) in [4.78, 5) is 2.63. The predicted octanol–water partition coefficient (Wildman–Crippen LogP) is 1.08. The molecule has 2 heterocycles. The molecule has 15 heavy (non-hydrogen) atoms. The van der Waals surface area contributed by atoms with Crippen molar-refractivity contribution in [3.8, 4) is 0 Å². The Kier molecular flexibility index (Phi) is 4.00. The Balaban J connectivity index is 1.78. The van der Waals surface area contributed by atoms with Gasteiger partial charge in [-0.25, -0.2) is 0 Å². The van der Waals surface area contributed by atoms with Gasteiger partial charge in [-0.15, -0.1) is 0 Å². The largest absolute Gasteiger partial charge is 0.381 e. The number of rotatable bonds is 3.